The number of para-hydroxylation sites is 1. The molecule has 38 heavy (non-hydrogen) atoms. The molecule has 1 saturated heterocycles. The molecule has 1 unspecified atom stereocenters. The summed E-state index contributed by atoms with van der Waals surface area (Å²) in [5.74, 6) is -0.713. The van der Waals surface area contributed by atoms with Crippen molar-refractivity contribution >= 4 is 29.1 Å². The molecule has 6 nitrogen and oxygen atoms in total. The van der Waals surface area contributed by atoms with E-state index in [1.807, 2.05) is 83.1 Å². The molecule has 0 radical (unpaired) electrons. The Labute approximate surface area is 228 Å². The SMILES string of the molecule is CCOc1ccc(Cl)c(/C(O)=C2\C(=O)C(=O)N(Cc3ccccc3OC(C)(C)C)C2c2cccc(C)c2)c1. The molecule has 1 heterocycles. The lowest BCUT2D eigenvalue weighted by Gasteiger charge is -2.28. The largest absolute Gasteiger partial charge is 0.507 e. The molecule has 0 aliphatic carbocycles. The number of carbonyl (C=O) groups excluding carboxylic acids is 2. The Morgan fingerprint density at radius 2 is 1.76 bits per heavy atom. The first-order valence-corrected chi connectivity index (χ1v) is 12.9. The highest BCUT2D eigenvalue weighted by molar-refractivity contribution is 6.47. The average Bonchev–Trinajstić information content (AvgIpc) is 3.10. The number of carbonyl (C=O) groups is 2. The van der Waals surface area contributed by atoms with Crippen molar-refractivity contribution in [2.45, 2.75) is 52.8 Å². The molecule has 1 N–H and O–H groups in total. The highest BCUT2D eigenvalue weighted by atomic mass is 35.5. The van der Waals surface area contributed by atoms with Crippen LogP contribution in [-0.4, -0.2) is 33.9 Å². The number of Topliss-reactive ketones (excluding diaryl/α,β-unsaturated/α-hetero) is 1. The van der Waals surface area contributed by atoms with Crippen molar-refractivity contribution in [2.75, 3.05) is 6.61 Å². The summed E-state index contributed by atoms with van der Waals surface area (Å²) in [7, 11) is 0. The van der Waals surface area contributed by atoms with Gasteiger partial charge in [-0.05, 0) is 64.4 Å². The maximum absolute atomic E-state index is 13.5. The molecule has 7 heteroatoms. The molecule has 198 valence electrons. The number of hydrogen-bond acceptors (Lipinski definition) is 5. The minimum absolute atomic E-state index is 0.0228. The summed E-state index contributed by atoms with van der Waals surface area (Å²) >= 11 is 6.45. The number of nitrogens with zero attached hydrogens (tertiary/aromatic N) is 1. The van der Waals surface area contributed by atoms with E-state index in [0.717, 1.165) is 11.1 Å². The second-order valence-corrected chi connectivity index (χ2v) is 10.6. The van der Waals surface area contributed by atoms with Gasteiger partial charge in [-0.25, -0.2) is 0 Å². The monoisotopic (exact) mass is 533 g/mol. The van der Waals surface area contributed by atoms with Crippen molar-refractivity contribution < 1.29 is 24.2 Å². The number of likely N-dealkylation sites (tertiary alicyclic amines) is 1. The summed E-state index contributed by atoms with van der Waals surface area (Å²) in [6, 6.07) is 19.0. The fraction of sp³-hybridized carbons (Fsp3) is 0.290. The summed E-state index contributed by atoms with van der Waals surface area (Å²) in [5.41, 5.74) is 2.16. The molecule has 0 spiro atoms. The first-order valence-electron chi connectivity index (χ1n) is 12.5. The van der Waals surface area contributed by atoms with E-state index in [2.05, 4.69) is 0 Å². The number of ether oxygens (including phenoxy) is 2. The smallest absolute Gasteiger partial charge is 0.295 e. The van der Waals surface area contributed by atoms with Gasteiger partial charge in [0.15, 0.2) is 0 Å². The normalized spacial score (nSPS) is 17.1. The summed E-state index contributed by atoms with van der Waals surface area (Å²) in [4.78, 5) is 28.5. The average molecular weight is 534 g/mol. The Morgan fingerprint density at radius 3 is 2.45 bits per heavy atom. The van der Waals surface area contributed by atoms with Gasteiger partial charge in [-0.15, -0.1) is 0 Å². The number of benzene rings is 3. The lowest BCUT2D eigenvalue weighted by Crippen LogP contribution is -2.30. The van der Waals surface area contributed by atoms with Gasteiger partial charge in [0.2, 0.25) is 0 Å². The zero-order chi connectivity index (χ0) is 27.6. The number of rotatable bonds is 7. The standard InChI is InChI=1S/C31H32ClNO5/c1-6-37-22-14-15-24(32)23(17-22)28(34)26-27(20-12-9-10-19(2)16-20)33(30(36)29(26)35)18-21-11-7-8-13-25(21)38-31(3,4)5/h7-17,27,34H,6,18H2,1-5H3/b28-26+. The molecule has 4 rings (SSSR count). The molecule has 1 aliphatic rings. The molecule has 1 aliphatic heterocycles. The van der Waals surface area contributed by atoms with Crippen molar-refractivity contribution in [1.29, 1.82) is 0 Å². The Hall–Kier alpha value is -3.77. The van der Waals surface area contributed by atoms with Crippen LogP contribution in [0, 0.1) is 6.92 Å². The van der Waals surface area contributed by atoms with Gasteiger partial charge in [0.05, 0.1) is 29.8 Å². The quantitative estimate of drug-likeness (QED) is 0.204. The van der Waals surface area contributed by atoms with Gasteiger partial charge in [-0.2, -0.15) is 0 Å². The van der Waals surface area contributed by atoms with Crippen LogP contribution in [0.4, 0.5) is 0 Å². The van der Waals surface area contributed by atoms with Crippen LogP contribution in [0.2, 0.25) is 5.02 Å². The number of aliphatic hydroxyl groups is 1. The van der Waals surface area contributed by atoms with E-state index in [1.165, 1.54) is 4.90 Å². The molecule has 0 aromatic heterocycles. The van der Waals surface area contributed by atoms with E-state index in [0.29, 0.717) is 23.7 Å². The van der Waals surface area contributed by atoms with Crippen LogP contribution < -0.4 is 9.47 Å². The van der Waals surface area contributed by atoms with Crippen LogP contribution in [0.25, 0.3) is 5.76 Å². The molecule has 3 aromatic carbocycles. The highest BCUT2D eigenvalue weighted by Crippen LogP contribution is 2.42. The van der Waals surface area contributed by atoms with Crippen molar-refractivity contribution in [3.8, 4) is 11.5 Å². The van der Waals surface area contributed by atoms with E-state index < -0.39 is 23.3 Å². The number of halogens is 1. The number of ketones is 1. The number of amides is 1. The first-order chi connectivity index (χ1) is 18.0. The van der Waals surface area contributed by atoms with Gasteiger partial charge in [-0.1, -0.05) is 59.6 Å². The fourth-order valence-corrected chi connectivity index (χ4v) is 4.77. The van der Waals surface area contributed by atoms with Crippen molar-refractivity contribution in [3.05, 3.63) is 99.6 Å². The Balaban J connectivity index is 1.87. The predicted molar refractivity (Wildman–Crippen MR) is 148 cm³/mol. The van der Waals surface area contributed by atoms with E-state index in [9.17, 15) is 14.7 Å². The van der Waals surface area contributed by atoms with Gasteiger partial charge in [-0.3, -0.25) is 9.59 Å². The zero-order valence-corrected chi connectivity index (χ0v) is 23.0. The van der Waals surface area contributed by atoms with E-state index in [4.69, 9.17) is 21.1 Å². The number of hydrogen-bond donors (Lipinski definition) is 1. The van der Waals surface area contributed by atoms with Crippen LogP contribution in [0.3, 0.4) is 0 Å². The third-order valence-corrected chi connectivity index (χ3v) is 6.46. The molecule has 3 aromatic rings. The Morgan fingerprint density at radius 1 is 1.03 bits per heavy atom. The van der Waals surface area contributed by atoms with Gasteiger partial charge in [0.25, 0.3) is 11.7 Å². The van der Waals surface area contributed by atoms with Crippen LogP contribution in [0.5, 0.6) is 11.5 Å². The Kier molecular flexibility index (Phi) is 7.83. The number of aliphatic hydroxyl groups excluding tert-OH is 1. The molecule has 0 bridgehead atoms. The summed E-state index contributed by atoms with van der Waals surface area (Å²) in [6.45, 7) is 10.2. The second-order valence-electron chi connectivity index (χ2n) is 10.2. The van der Waals surface area contributed by atoms with Gasteiger partial charge >= 0.3 is 0 Å². The minimum atomic E-state index is -0.829. The lowest BCUT2D eigenvalue weighted by atomic mass is 9.94. The molecule has 1 atom stereocenters. The number of aryl methyl sites for hydroxylation is 1. The predicted octanol–water partition coefficient (Wildman–Crippen LogP) is 6.85. The van der Waals surface area contributed by atoms with E-state index >= 15 is 0 Å². The third-order valence-electron chi connectivity index (χ3n) is 6.13. The van der Waals surface area contributed by atoms with Crippen molar-refractivity contribution in [2.24, 2.45) is 0 Å². The molecular formula is C31H32ClNO5. The van der Waals surface area contributed by atoms with E-state index in [1.54, 1.807) is 18.2 Å². The lowest BCUT2D eigenvalue weighted by molar-refractivity contribution is -0.140. The summed E-state index contributed by atoms with van der Waals surface area (Å²) < 4.78 is 11.7. The van der Waals surface area contributed by atoms with Crippen LogP contribution in [0.15, 0.2) is 72.3 Å². The van der Waals surface area contributed by atoms with Gasteiger partial charge in [0.1, 0.15) is 22.9 Å². The topological polar surface area (TPSA) is 76.1 Å². The zero-order valence-electron chi connectivity index (χ0n) is 22.2. The maximum atomic E-state index is 13.5. The molecule has 1 fully saturated rings. The third kappa shape index (κ3) is 5.70. The van der Waals surface area contributed by atoms with Crippen molar-refractivity contribution in [1.82, 2.24) is 4.90 Å². The van der Waals surface area contributed by atoms with Gasteiger partial charge < -0.3 is 19.5 Å². The second kappa shape index (κ2) is 10.9. The fourth-order valence-electron chi connectivity index (χ4n) is 4.56. The van der Waals surface area contributed by atoms with Crippen molar-refractivity contribution in [3.63, 3.8) is 0 Å². The highest BCUT2D eigenvalue weighted by Gasteiger charge is 2.46. The first kappa shape index (κ1) is 27.3. The summed E-state index contributed by atoms with van der Waals surface area (Å²) in [6.07, 6.45) is 0. The minimum Gasteiger partial charge on any atom is -0.507 e. The Bertz CT molecular complexity index is 1410. The van der Waals surface area contributed by atoms with Crippen LogP contribution in [-0.2, 0) is 16.1 Å². The summed E-state index contributed by atoms with van der Waals surface area (Å²) in [5, 5.41) is 11.7. The van der Waals surface area contributed by atoms with Crippen LogP contribution >= 0.6 is 11.6 Å². The maximum Gasteiger partial charge on any atom is 0.295 e. The molecule has 0 saturated carbocycles. The molecular weight excluding hydrogens is 502 g/mol. The van der Waals surface area contributed by atoms with E-state index in [-0.39, 0.29) is 28.5 Å². The van der Waals surface area contributed by atoms with Crippen LogP contribution in [0.1, 0.15) is 56.0 Å². The van der Waals surface area contributed by atoms with Gasteiger partial charge in [0, 0.05) is 11.1 Å². The molecule has 1 amide bonds.